The van der Waals surface area contributed by atoms with Crippen LogP contribution in [0.3, 0.4) is 0 Å². The van der Waals surface area contributed by atoms with Crippen molar-refractivity contribution in [2.45, 2.75) is 45.2 Å². The molecule has 2 aliphatic heterocycles. The molecule has 2 aromatic carbocycles. The van der Waals surface area contributed by atoms with Crippen molar-refractivity contribution in [2.24, 2.45) is 0 Å². The highest BCUT2D eigenvalue weighted by atomic mass is 16.2. The van der Waals surface area contributed by atoms with Crippen molar-refractivity contribution < 1.29 is 14.5 Å². The summed E-state index contributed by atoms with van der Waals surface area (Å²) in [6.45, 7) is 4.80. The van der Waals surface area contributed by atoms with Crippen LogP contribution in [0.4, 0.5) is 5.69 Å². The molecule has 0 spiro atoms. The average Bonchev–Trinajstić information content (AvgIpc) is 3.19. The lowest BCUT2D eigenvalue weighted by molar-refractivity contribution is -0.918. The summed E-state index contributed by atoms with van der Waals surface area (Å²) in [4.78, 5) is 28.3. The zero-order chi connectivity index (χ0) is 20.1. The van der Waals surface area contributed by atoms with Crippen LogP contribution in [0.15, 0.2) is 48.5 Å². The van der Waals surface area contributed by atoms with Gasteiger partial charge in [0.25, 0.3) is 5.91 Å². The summed E-state index contributed by atoms with van der Waals surface area (Å²) in [5.41, 5.74) is 3.72. The van der Waals surface area contributed by atoms with E-state index in [1.165, 1.54) is 37.9 Å². The fourth-order valence-electron chi connectivity index (χ4n) is 4.37. The Balaban J connectivity index is 1.36. The summed E-state index contributed by atoms with van der Waals surface area (Å²) in [7, 11) is 0. The van der Waals surface area contributed by atoms with E-state index in [-0.39, 0.29) is 11.8 Å². The minimum Gasteiger partial charge on any atom is -0.348 e. The van der Waals surface area contributed by atoms with Gasteiger partial charge in [-0.1, -0.05) is 36.4 Å². The summed E-state index contributed by atoms with van der Waals surface area (Å²) in [6.07, 6.45) is 5.45. The second kappa shape index (κ2) is 9.23. The van der Waals surface area contributed by atoms with E-state index in [0.717, 1.165) is 18.5 Å². The second-order valence-electron chi connectivity index (χ2n) is 8.15. The quantitative estimate of drug-likeness (QED) is 0.793. The van der Waals surface area contributed by atoms with Gasteiger partial charge >= 0.3 is 0 Å². The van der Waals surface area contributed by atoms with Gasteiger partial charge in [0.2, 0.25) is 5.91 Å². The normalized spacial score (nSPS) is 17.5. The molecule has 0 saturated carbocycles. The number of rotatable bonds is 6. The number of carbonyl (C=O) groups excluding carboxylic acids is 2. The van der Waals surface area contributed by atoms with Crippen molar-refractivity contribution in [3.8, 4) is 0 Å². The molecule has 0 radical (unpaired) electrons. The molecular formula is C24H30N3O2+. The molecule has 2 aromatic rings. The van der Waals surface area contributed by atoms with Gasteiger partial charge in [-0.3, -0.25) is 9.59 Å². The maximum absolute atomic E-state index is 12.8. The number of anilines is 1. The minimum atomic E-state index is -0.137. The first-order valence-corrected chi connectivity index (χ1v) is 10.8. The minimum absolute atomic E-state index is 0.0941. The van der Waals surface area contributed by atoms with Crippen LogP contribution in [0.25, 0.3) is 0 Å². The number of quaternary nitrogens is 1. The number of hydrogen-bond donors (Lipinski definition) is 2. The Kier molecular flexibility index (Phi) is 6.25. The zero-order valence-electron chi connectivity index (χ0n) is 17.0. The van der Waals surface area contributed by atoms with Gasteiger partial charge in [0, 0.05) is 25.1 Å². The van der Waals surface area contributed by atoms with Crippen molar-refractivity contribution >= 4 is 17.5 Å². The van der Waals surface area contributed by atoms with E-state index in [9.17, 15) is 9.59 Å². The number of para-hydroxylation sites is 1. The summed E-state index contributed by atoms with van der Waals surface area (Å²) in [6, 6.07) is 15.9. The summed E-state index contributed by atoms with van der Waals surface area (Å²) in [5, 5.41) is 3.01. The van der Waals surface area contributed by atoms with E-state index < -0.39 is 0 Å². The Labute approximate surface area is 172 Å². The molecule has 0 atom stereocenters. The van der Waals surface area contributed by atoms with E-state index in [4.69, 9.17) is 0 Å². The van der Waals surface area contributed by atoms with E-state index in [2.05, 4.69) is 29.6 Å². The maximum Gasteiger partial charge on any atom is 0.253 e. The monoisotopic (exact) mass is 392 g/mol. The molecule has 4 rings (SSSR count). The van der Waals surface area contributed by atoms with Crippen LogP contribution in [-0.2, 0) is 17.9 Å². The van der Waals surface area contributed by atoms with Crippen LogP contribution in [0.5, 0.6) is 0 Å². The van der Waals surface area contributed by atoms with Gasteiger partial charge in [0.05, 0.1) is 24.3 Å². The maximum atomic E-state index is 12.8. The zero-order valence-corrected chi connectivity index (χ0v) is 17.0. The SMILES string of the molecule is O=C(NCc1ccc(C[NH+]2CCCCC2)cc1)c1ccccc1N1CCCC1=O. The van der Waals surface area contributed by atoms with Crippen LogP contribution >= 0.6 is 0 Å². The lowest BCUT2D eigenvalue weighted by Crippen LogP contribution is -3.11. The number of likely N-dealkylation sites (tertiary alicyclic amines) is 1. The Morgan fingerprint density at radius 2 is 1.66 bits per heavy atom. The van der Waals surface area contributed by atoms with Gasteiger partial charge in [-0.15, -0.1) is 0 Å². The van der Waals surface area contributed by atoms with E-state index >= 15 is 0 Å². The Bertz CT molecular complexity index is 857. The number of benzene rings is 2. The first-order chi connectivity index (χ1) is 14.2. The number of nitrogens with one attached hydrogen (secondary N) is 2. The van der Waals surface area contributed by atoms with Crippen molar-refractivity contribution in [3.05, 3.63) is 65.2 Å². The van der Waals surface area contributed by atoms with Crippen LogP contribution in [0, 0.1) is 0 Å². The molecular weight excluding hydrogens is 362 g/mol. The van der Waals surface area contributed by atoms with Gasteiger partial charge in [0.15, 0.2) is 0 Å². The number of amides is 2. The number of nitrogens with zero attached hydrogens (tertiary/aromatic N) is 1. The van der Waals surface area contributed by atoms with Crippen LogP contribution in [0.1, 0.15) is 53.6 Å². The van der Waals surface area contributed by atoms with E-state index in [1.54, 1.807) is 15.9 Å². The van der Waals surface area contributed by atoms with Gasteiger partial charge in [-0.05, 0) is 43.4 Å². The molecule has 2 saturated heterocycles. The van der Waals surface area contributed by atoms with Crippen molar-refractivity contribution in [1.82, 2.24) is 5.32 Å². The second-order valence-corrected chi connectivity index (χ2v) is 8.15. The van der Waals surface area contributed by atoms with Crippen LogP contribution < -0.4 is 15.1 Å². The Morgan fingerprint density at radius 1 is 0.931 bits per heavy atom. The van der Waals surface area contributed by atoms with Gasteiger partial charge < -0.3 is 15.1 Å². The van der Waals surface area contributed by atoms with E-state index in [1.807, 2.05) is 18.2 Å². The summed E-state index contributed by atoms with van der Waals surface area (Å²) >= 11 is 0. The molecule has 0 bridgehead atoms. The molecule has 0 aliphatic carbocycles. The summed E-state index contributed by atoms with van der Waals surface area (Å²) < 4.78 is 0. The molecule has 2 heterocycles. The predicted octanol–water partition coefficient (Wildman–Crippen LogP) is 2.31. The molecule has 29 heavy (non-hydrogen) atoms. The number of piperidine rings is 1. The highest BCUT2D eigenvalue weighted by Crippen LogP contribution is 2.25. The van der Waals surface area contributed by atoms with Crippen LogP contribution in [-0.4, -0.2) is 31.4 Å². The number of hydrogen-bond acceptors (Lipinski definition) is 2. The molecule has 2 N–H and O–H groups in total. The van der Waals surface area contributed by atoms with Gasteiger partial charge in [-0.25, -0.2) is 0 Å². The third kappa shape index (κ3) is 4.85. The molecule has 2 amide bonds. The third-order valence-corrected chi connectivity index (χ3v) is 6.00. The summed E-state index contributed by atoms with van der Waals surface area (Å²) in [5.74, 6) is -0.0428. The smallest absolute Gasteiger partial charge is 0.253 e. The molecule has 2 fully saturated rings. The predicted molar refractivity (Wildman–Crippen MR) is 114 cm³/mol. The van der Waals surface area contributed by atoms with Crippen molar-refractivity contribution in [1.29, 1.82) is 0 Å². The molecule has 0 unspecified atom stereocenters. The van der Waals surface area contributed by atoms with E-state index in [0.29, 0.717) is 30.8 Å². The Hall–Kier alpha value is -2.66. The third-order valence-electron chi connectivity index (χ3n) is 6.00. The van der Waals surface area contributed by atoms with Crippen molar-refractivity contribution in [2.75, 3.05) is 24.5 Å². The van der Waals surface area contributed by atoms with Gasteiger partial charge in [-0.2, -0.15) is 0 Å². The largest absolute Gasteiger partial charge is 0.348 e. The molecule has 2 aliphatic rings. The molecule has 0 aromatic heterocycles. The first-order valence-electron chi connectivity index (χ1n) is 10.8. The van der Waals surface area contributed by atoms with Crippen molar-refractivity contribution in [3.63, 3.8) is 0 Å². The first kappa shape index (κ1) is 19.6. The average molecular weight is 393 g/mol. The van der Waals surface area contributed by atoms with Gasteiger partial charge in [0.1, 0.15) is 6.54 Å². The number of carbonyl (C=O) groups is 2. The standard InChI is InChI=1S/C24H29N3O2/c28-23-9-6-16-27(23)22-8-3-2-7-21(22)24(29)25-17-19-10-12-20(13-11-19)18-26-14-4-1-5-15-26/h2-3,7-8,10-13H,1,4-6,9,14-18H2,(H,25,29)/p+1. The lowest BCUT2D eigenvalue weighted by Gasteiger charge is -2.23. The fraction of sp³-hybridized carbons (Fsp3) is 0.417. The molecule has 5 heteroatoms. The lowest BCUT2D eigenvalue weighted by atomic mass is 10.1. The highest BCUT2D eigenvalue weighted by Gasteiger charge is 2.25. The topological polar surface area (TPSA) is 53.9 Å². The molecule has 5 nitrogen and oxygen atoms in total. The van der Waals surface area contributed by atoms with Crippen LogP contribution in [0.2, 0.25) is 0 Å². The molecule has 152 valence electrons. The Morgan fingerprint density at radius 3 is 2.38 bits per heavy atom. The highest BCUT2D eigenvalue weighted by molar-refractivity contribution is 6.05. The fourth-order valence-corrected chi connectivity index (χ4v) is 4.37.